The van der Waals surface area contributed by atoms with Crippen molar-refractivity contribution in [1.82, 2.24) is 14.9 Å². The maximum Gasteiger partial charge on any atom is 0.220 e. The molecule has 1 amide bonds. The van der Waals surface area contributed by atoms with Gasteiger partial charge >= 0.3 is 0 Å². The minimum atomic E-state index is 0.0609. The molecule has 0 fully saturated rings. The molecular formula is C9H14ClN3O. The SMILES string of the molecule is O=C(CCCCl)NCCn1ccnc1. The molecular weight excluding hydrogens is 202 g/mol. The van der Waals surface area contributed by atoms with E-state index in [-0.39, 0.29) is 5.91 Å². The van der Waals surface area contributed by atoms with E-state index in [4.69, 9.17) is 11.6 Å². The molecule has 78 valence electrons. The topological polar surface area (TPSA) is 46.9 Å². The van der Waals surface area contributed by atoms with Crippen LogP contribution in [0, 0.1) is 0 Å². The summed E-state index contributed by atoms with van der Waals surface area (Å²) in [6.45, 7) is 1.39. The molecule has 1 rings (SSSR count). The zero-order valence-corrected chi connectivity index (χ0v) is 8.70. The van der Waals surface area contributed by atoms with Crippen molar-refractivity contribution in [1.29, 1.82) is 0 Å². The first kappa shape index (κ1) is 11.0. The highest BCUT2D eigenvalue weighted by atomic mass is 35.5. The minimum Gasteiger partial charge on any atom is -0.354 e. The van der Waals surface area contributed by atoms with E-state index in [1.807, 2.05) is 10.8 Å². The maximum absolute atomic E-state index is 11.1. The van der Waals surface area contributed by atoms with Crippen molar-refractivity contribution in [2.45, 2.75) is 19.4 Å². The number of rotatable bonds is 6. The summed E-state index contributed by atoms with van der Waals surface area (Å²) in [6.07, 6.45) is 6.55. The number of amides is 1. The molecule has 0 spiro atoms. The number of hydrogen-bond donors (Lipinski definition) is 1. The van der Waals surface area contributed by atoms with Gasteiger partial charge in [-0.3, -0.25) is 4.79 Å². The number of imidazole rings is 1. The van der Waals surface area contributed by atoms with Crippen LogP contribution in [-0.2, 0) is 11.3 Å². The minimum absolute atomic E-state index is 0.0609. The van der Waals surface area contributed by atoms with Gasteiger partial charge in [-0.25, -0.2) is 4.98 Å². The number of alkyl halides is 1. The molecule has 0 saturated carbocycles. The second kappa shape index (κ2) is 6.43. The van der Waals surface area contributed by atoms with E-state index in [1.54, 1.807) is 12.5 Å². The van der Waals surface area contributed by atoms with E-state index in [0.717, 1.165) is 13.0 Å². The molecule has 1 aromatic rings. The van der Waals surface area contributed by atoms with Gasteiger partial charge in [-0.05, 0) is 6.42 Å². The Kier molecular flexibility index (Phi) is 5.07. The Morgan fingerprint density at radius 3 is 3.07 bits per heavy atom. The molecule has 0 atom stereocenters. The highest BCUT2D eigenvalue weighted by molar-refractivity contribution is 6.17. The molecule has 0 saturated heterocycles. The van der Waals surface area contributed by atoms with Gasteiger partial charge in [-0.15, -0.1) is 11.6 Å². The van der Waals surface area contributed by atoms with Crippen LogP contribution in [0.3, 0.4) is 0 Å². The summed E-state index contributed by atoms with van der Waals surface area (Å²) in [5.74, 6) is 0.598. The molecule has 0 aliphatic heterocycles. The molecule has 0 unspecified atom stereocenters. The van der Waals surface area contributed by atoms with Gasteiger partial charge in [0.15, 0.2) is 0 Å². The van der Waals surface area contributed by atoms with Gasteiger partial charge in [0.2, 0.25) is 5.91 Å². The number of nitrogens with one attached hydrogen (secondary N) is 1. The summed E-state index contributed by atoms with van der Waals surface area (Å²) in [5.41, 5.74) is 0. The Labute approximate surface area is 88.3 Å². The molecule has 0 aliphatic rings. The monoisotopic (exact) mass is 215 g/mol. The fraction of sp³-hybridized carbons (Fsp3) is 0.556. The fourth-order valence-electron chi connectivity index (χ4n) is 1.06. The van der Waals surface area contributed by atoms with Gasteiger partial charge in [0.1, 0.15) is 0 Å². The van der Waals surface area contributed by atoms with Gasteiger partial charge in [-0.2, -0.15) is 0 Å². The van der Waals surface area contributed by atoms with Crippen LogP contribution < -0.4 is 5.32 Å². The Balaban J connectivity index is 2.06. The molecule has 1 aromatic heterocycles. The van der Waals surface area contributed by atoms with E-state index in [0.29, 0.717) is 18.8 Å². The van der Waals surface area contributed by atoms with Gasteiger partial charge in [-0.1, -0.05) is 0 Å². The van der Waals surface area contributed by atoms with Crippen LogP contribution in [-0.4, -0.2) is 27.9 Å². The van der Waals surface area contributed by atoms with Crippen LogP contribution >= 0.6 is 11.6 Å². The number of hydrogen-bond acceptors (Lipinski definition) is 2. The van der Waals surface area contributed by atoms with E-state index in [1.165, 1.54) is 0 Å². The number of aromatic nitrogens is 2. The average molecular weight is 216 g/mol. The summed E-state index contributed by atoms with van der Waals surface area (Å²) in [4.78, 5) is 15.0. The van der Waals surface area contributed by atoms with Crippen LogP contribution in [0.2, 0.25) is 0 Å². The molecule has 1 N–H and O–H groups in total. The standard InChI is InChI=1S/C9H14ClN3O/c10-3-1-2-9(14)12-5-7-13-6-4-11-8-13/h4,6,8H,1-3,5,7H2,(H,12,14). The normalized spacial score (nSPS) is 10.1. The van der Waals surface area contributed by atoms with Crippen LogP contribution in [0.1, 0.15) is 12.8 Å². The summed E-state index contributed by atoms with van der Waals surface area (Å²) in [6, 6.07) is 0. The average Bonchev–Trinajstić information content (AvgIpc) is 2.67. The van der Waals surface area contributed by atoms with E-state index in [2.05, 4.69) is 10.3 Å². The quantitative estimate of drug-likeness (QED) is 0.721. The molecule has 5 heteroatoms. The van der Waals surface area contributed by atoms with Gasteiger partial charge < -0.3 is 9.88 Å². The first-order valence-electron chi connectivity index (χ1n) is 4.61. The highest BCUT2D eigenvalue weighted by Gasteiger charge is 1.98. The van der Waals surface area contributed by atoms with Gasteiger partial charge in [0, 0.05) is 37.8 Å². The Bertz CT molecular complexity index is 261. The largest absolute Gasteiger partial charge is 0.354 e. The van der Waals surface area contributed by atoms with Crippen LogP contribution in [0.5, 0.6) is 0 Å². The Morgan fingerprint density at radius 1 is 1.57 bits per heavy atom. The van der Waals surface area contributed by atoms with Crippen molar-refractivity contribution in [3.63, 3.8) is 0 Å². The highest BCUT2D eigenvalue weighted by Crippen LogP contribution is 1.91. The summed E-state index contributed by atoms with van der Waals surface area (Å²) in [7, 11) is 0. The maximum atomic E-state index is 11.1. The van der Waals surface area contributed by atoms with Crippen molar-refractivity contribution < 1.29 is 4.79 Å². The number of carbonyl (C=O) groups is 1. The predicted molar refractivity (Wildman–Crippen MR) is 55.2 cm³/mol. The number of carbonyl (C=O) groups excluding carboxylic acids is 1. The van der Waals surface area contributed by atoms with E-state index in [9.17, 15) is 4.79 Å². The van der Waals surface area contributed by atoms with E-state index < -0.39 is 0 Å². The van der Waals surface area contributed by atoms with Crippen LogP contribution in [0.15, 0.2) is 18.7 Å². The van der Waals surface area contributed by atoms with Gasteiger partial charge in [0.05, 0.1) is 6.33 Å². The Morgan fingerprint density at radius 2 is 2.43 bits per heavy atom. The van der Waals surface area contributed by atoms with Crippen molar-refractivity contribution >= 4 is 17.5 Å². The third-order valence-corrected chi connectivity index (χ3v) is 2.06. The smallest absolute Gasteiger partial charge is 0.220 e. The van der Waals surface area contributed by atoms with Gasteiger partial charge in [0.25, 0.3) is 0 Å². The fourth-order valence-corrected chi connectivity index (χ4v) is 1.19. The molecule has 4 nitrogen and oxygen atoms in total. The van der Waals surface area contributed by atoms with Crippen LogP contribution in [0.4, 0.5) is 0 Å². The summed E-state index contributed by atoms with van der Waals surface area (Å²) in [5, 5.41) is 2.81. The zero-order valence-electron chi connectivity index (χ0n) is 7.95. The van der Waals surface area contributed by atoms with Crippen molar-refractivity contribution in [3.8, 4) is 0 Å². The van der Waals surface area contributed by atoms with Crippen molar-refractivity contribution in [2.75, 3.05) is 12.4 Å². The summed E-state index contributed by atoms with van der Waals surface area (Å²) >= 11 is 5.47. The second-order valence-corrected chi connectivity index (χ2v) is 3.32. The lowest BCUT2D eigenvalue weighted by atomic mass is 10.3. The first-order valence-corrected chi connectivity index (χ1v) is 5.15. The molecule has 1 heterocycles. The summed E-state index contributed by atoms with van der Waals surface area (Å²) < 4.78 is 1.92. The Hall–Kier alpha value is -1.03. The molecule has 0 bridgehead atoms. The molecule has 0 aliphatic carbocycles. The molecule has 0 radical (unpaired) electrons. The lowest BCUT2D eigenvalue weighted by molar-refractivity contribution is -0.121. The second-order valence-electron chi connectivity index (χ2n) is 2.94. The number of halogens is 1. The lowest BCUT2D eigenvalue weighted by Gasteiger charge is -2.04. The zero-order chi connectivity index (χ0) is 10.2. The number of nitrogens with zero attached hydrogens (tertiary/aromatic N) is 2. The van der Waals surface area contributed by atoms with E-state index >= 15 is 0 Å². The third-order valence-electron chi connectivity index (χ3n) is 1.79. The third kappa shape index (κ3) is 4.28. The lowest BCUT2D eigenvalue weighted by Crippen LogP contribution is -2.26. The van der Waals surface area contributed by atoms with Crippen molar-refractivity contribution in [3.05, 3.63) is 18.7 Å². The van der Waals surface area contributed by atoms with Crippen LogP contribution in [0.25, 0.3) is 0 Å². The molecule has 0 aromatic carbocycles. The first-order chi connectivity index (χ1) is 6.83. The predicted octanol–water partition coefficient (Wildman–Crippen LogP) is 1.02. The molecule has 14 heavy (non-hydrogen) atoms. The van der Waals surface area contributed by atoms with Crippen molar-refractivity contribution in [2.24, 2.45) is 0 Å².